The second kappa shape index (κ2) is 6.52. The predicted molar refractivity (Wildman–Crippen MR) is 80.2 cm³/mol. The van der Waals surface area contributed by atoms with Crippen molar-refractivity contribution in [3.05, 3.63) is 29.3 Å². The molecule has 6 heteroatoms. The fourth-order valence-corrected chi connectivity index (χ4v) is 4.55. The molecule has 1 heterocycles. The molecule has 1 aliphatic rings. The number of carbonyl (C=O) groups excluding carboxylic acids is 1. The number of rotatable bonds is 3. The second-order valence-electron chi connectivity index (χ2n) is 5.44. The van der Waals surface area contributed by atoms with Crippen molar-refractivity contribution in [1.29, 1.82) is 0 Å². The van der Waals surface area contributed by atoms with Crippen LogP contribution in [0.1, 0.15) is 36.8 Å². The third kappa shape index (κ3) is 3.40. The molecule has 0 aliphatic carbocycles. The fourth-order valence-electron chi connectivity index (χ4n) is 2.65. The summed E-state index contributed by atoms with van der Waals surface area (Å²) < 4.78 is 27.2. The summed E-state index contributed by atoms with van der Waals surface area (Å²) in [6, 6.07) is 5.37. The molecule has 0 spiro atoms. The quantitative estimate of drug-likeness (QED) is 0.636. The summed E-state index contributed by atoms with van der Waals surface area (Å²) in [5, 5.41) is 0. The number of aliphatic imine (C=N–C) groups is 1. The van der Waals surface area contributed by atoms with E-state index >= 15 is 0 Å². The van der Waals surface area contributed by atoms with Gasteiger partial charge in [0.25, 0.3) is 0 Å². The van der Waals surface area contributed by atoms with Crippen LogP contribution >= 0.6 is 0 Å². The van der Waals surface area contributed by atoms with Gasteiger partial charge in [-0.1, -0.05) is 18.6 Å². The lowest BCUT2D eigenvalue weighted by Gasteiger charge is -2.26. The van der Waals surface area contributed by atoms with Crippen molar-refractivity contribution in [3.8, 4) is 0 Å². The van der Waals surface area contributed by atoms with Crippen molar-refractivity contribution >= 4 is 16.1 Å². The highest BCUT2D eigenvalue weighted by atomic mass is 32.2. The average molecular weight is 308 g/mol. The maximum Gasteiger partial charge on any atom is 0.245 e. The third-order valence-corrected chi connectivity index (χ3v) is 5.84. The molecular formula is C15H20N2O3S. The Labute approximate surface area is 125 Å². The van der Waals surface area contributed by atoms with Crippen LogP contribution in [0.3, 0.4) is 0 Å². The number of nitrogens with zero attached hydrogens (tertiary/aromatic N) is 2. The van der Waals surface area contributed by atoms with E-state index in [0.29, 0.717) is 23.4 Å². The highest BCUT2D eigenvalue weighted by Gasteiger charge is 2.33. The van der Waals surface area contributed by atoms with Gasteiger partial charge in [0, 0.05) is 6.54 Å². The molecule has 2 rings (SSSR count). The van der Waals surface area contributed by atoms with E-state index in [-0.39, 0.29) is 0 Å². The number of hydrogen-bond acceptors (Lipinski definition) is 4. The van der Waals surface area contributed by atoms with E-state index in [9.17, 15) is 13.2 Å². The minimum atomic E-state index is -3.65. The molecule has 1 saturated heterocycles. The molecule has 0 saturated carbocycles. The number of aryl methyl sites for hydroxylation is 2. The van der Waals surface area contributed by atoms with Crippen LogP contribution in [0.25, 0.3) is 0 Å². The van der Waals surface area contributed by atoms with E-state index in [4.69, 9.17) is 0 Å². The Hall–Kier alpha value is -1.49. The van der Waals surface area contributed by atoms with Crippen LogP contribution in [-0.2, 0) is 14.8 Å². The second-order valence-corrected chi connectivity index (χ2v) is 7.29. The van der Waals surface area contributed by atoms with Crippen LogP contribution in [0.2, 0.25) is 0 Å². The molecule has 0 radical (unpaired) electrons. The summed E-state index contributed by atoms with van der Waals surface area (Å²) in [6.45, 7) is 4.04. The molecule has 5 nitrogen and oxygen atoms in total. The SMILES string of the molecule is Cc1ccc(C)c(S(=O)(=O)N2CCCCCC2N=C=O)c1. The number of benzene rings is 1. The molecule has 0 aromatic heterocycles. The smallest absolute Gasteiger partial charge is 0.211 e. The zero-order chi connectivity index (χ0) is 15.5. The number of hydrogen-bond donors (Lipinski definition) is 0. The standard InChI is InChI=1S/C15H20N2O3S/c1-12-7-8-13(2)14(10-12)21(19,20)17-9-5-3-4-6-15(17)16-11-18/h7-8,10,15H,3-6,9H2,1-2H3. The van der Waals surface area contributed by atoms with Gasteiger partial charge in [-0.3, -0.25) is 0 Å². The van der Waals surface area contributed by atoms with E-state index in [1.165, 1.54) is 10.4 Å². The molecule has 1 fully saturated rings. The van der Waals surface area contributed by atoms with E-state index < -0.39 is 16.2 Å². The van der Waals surface area contributed by atoms with Crippen molar-refractivity contribution in [2.75, 3.05) is 6.54 Å². The monoisotopic (exact) mass is 308 g/mol. The summed E-state index contributed by atoms with van der Waals surface area (Å²) in [5.74, 6) is 0. The van der Waals surface area contributed by atoms with Crippen molar-refractivity contribution in [1.82, 2.24) is 4.31 Å². The summed E-state index contributed by atoms with van der Waals surface area (Å²) in [5.41, 5.74) is 1.60. The summed E-state index contributed by atoms with van der Waals surface area (Å²) in [4.78, 5) is 14.6. The van der Waals surface area contributed by atoms with Crippen LogP contribution in [0.4, 0.5) is 0 Å². The normalized spacial score (nSPS) is 20.6. The molecule has 1 unspecified atom stereocenters. The Balaban J connectivity index is 2.48. The molecule has 0 N–H and O–H groups in total. The Bertz CT molecular complexity index is 663. The average Bonchev–Trinajstić information content (AvgIpc) is 2.68. The lowest BCUT2D eigenvalue weighted by Crippen LogP contribution is -2.39. The van der Waals surface area contributed by atoms with E-state index in [1.54, 1.807) is 19.1 Å². The van der Waals surface area contributed by atoms with Gasteiger partial charge in [0.2, 0.25) is 16.1 Å². The van der Waals surface area contributed by atoms with Gasteiger partial charge in [-0.2, -0.15) is 9.30 Å². The van der Waals surface area contributed by atoms with Gasteiger partial charge in [0.05, 0.1) is 4.90 Å². The van der Waals surface area contributed by atoms with Crippen LogP contribution in [0.5, 0.6) is 0 Å². The van der Waals surface area contributed by atoms with Gasteiger partial charge >= 0.3 is 0 Å². The number of sulfonamides is 1. The largest absolute Gasteiger partial charge is 0.245 e. The molecule has 114 valence electrons. The van der Waals surface area contributed by atoms with Gasteiger partial charge in [-0.15, -0.1) is 0 Å². The summed E-state index contributed by atoms with van der Waals surface area (Å²) in [6.07, 6.45) is 4.06. The number of isocyanates is 1. The molecule has 0 amide bonds. The van der Waals surface area contributed by atoms with Crippen LogP contribution in [-0.4, -0.2) is 31.5 Å². The Kier molecular flexibility index (Phi) is 4.93. The van der Waals surface area contributed by atoms with Crippen molar-refractivity contribution < 1.29 is 13.2 Å². The molecule has 1 aliphatic heterocycles. The lowest BCUT2D eigenvalue weighted by atomic mass is 10.2. The van der Waals surface area contributed by atoms with Gasteiger partial charge < -0.3 is 0 Å². The summed E-state index contributed by atoms with van der Waals surface area (Å²) >= 11 is 0. The van der Waals surface area contributed by atoms with Gasteiger partial charge in [0.15, 0.2) is 0 Å². The zero-order valence-corrected chi connectivity index (χ0v) is 13.2. The molecule has 21 heavy (non-hydrogen) atoms. The highest BCUT2D eigenvalue weighted by molar-refractivity contribution is 7.89. The first-order valence-electron chi connectivity index (χ1n) is 7.13. The van der Waals surface area contributed by atoms with Crippen molar-refractivity contribution in [2.24, 2.45) is 4.99 Å². The molecular weight excluding hydrogens is 288 g/mol. The van der Waals surface area contributed by atoms with Crippen molar-refractivity contribution in [2.45, 2.75) is 50.6 Å². The Morgan fingerprint density at radius 1 is 1.24 bits per heavy atom. The maximum absolute atomic E-state index is 12.9. The molecule has 0 bridgehead atoms. The zero-order valence-electron chi connectivity index (χ0n) is 12.4. The van der Waals surface area contributed by atoms with Gasteiger partial charge in [0.1, 0.15) is 6.17 Å². The van der Waals surface area contributed by atoms with Gasteiger partial charge in [-0.05, 0) is 50.3 Å². The topological polar surface area (TPSA) is 66.8 Å². The van der Waals surface area contributed by atoms with E-state index in [1.807, 2.05) is 13.0 Å². The first-order chi connectivity index (χ1) is 9.96. The predicted octanol–water partition coefficient (Wildman–Crippen LogP) is 2.53. The maximum atomic E-state index is 12.9. The van der Waals surface area contributed by atoms with Crippen molar-refractivity contribution in [3.63, 3.8) is 0 Å². The Morgan fingerprint density at radius 3 is 2.71 bits per heavy atom. The Morgan fingerprint density at radius 2 is 2.00 bits per heavy atom. The first kappa shape index (κ1) is 15.9. The minimum absolute atomic E-state index is 0.301. The third-order valence-electron chi connectivity index (χ3n) is 3.81. The van der Waals surface area contributed by atoms with Crippen LogP contribution in [0, 0.1) is 13.8 Å². The lowest BCUT2D eigenvalue weighted by molar-refractivity contribution is 0.330. The molecule has 1 aromatic rings. The first-order valence-corrected chi connectivity index (χ1v) is 8.57. The van der Waals surface area contributed by atoms with E-state index in [2.05, 4.69) is 4.99 Å². The minimum Gasteiger partial charge on any atom is -0.211 e. The molecule has 1 atom stereocenters. The van der Waals surface area contributed by atoms with E-state index in [0.717, 1.165) is 24.8 Å². The van der Waals surface area contributed by atoms with Crippen LogP contribution in [0.15, 0.2) is 28.1 Å². The van der Waals surface area contributed by atoms with Crippen LogP contribution < -0.4 is 0 Å². The molecule has 1 aromatic carbocycles. The fraction of sp³-hybridized carbons (Fsp3) is 0.533. The summed E-state index contributed by atoms with van der Waals surface area (Å²) in [7, 11) is -3.65. The van der Waals surface area contributed by atoms with Gasteiger partial charge in [-0.25, -0.2) is 13.2 Å². The highest BCUT2D eigenvalue weighted by Crippen LogP contribution is 2.27.